The van der Waals surface area contributed by atoms with Crippen LogP contribution in [0.5, 0.6) is 0 Å². The van der Waals surface area contributed by atoms with Crippen molar-refractivity contribution < 1.29 is 0 Å². The van der Waals surface area contributed by atoms with Gasteiger partial charge in [0.25, 0.3) is 0 Å². The number of nitrogens with zero attached hydrogens (tertiary/aromatic N) is 2. The maximum Gasteiger partial charge on any atom is 0.108 e. The zero-order chi connectivity index (χ0) is 9.15. The highest BCUT2D eigenvalue weighted by molar-refractivity contribution is 5.72. The summed E-state index contributed by atoms with van der Waals surface area (Å²) in [6.07, 6.45) is 5.80. The third-order valence-electron chi connectivity index (χ3n) is 2.63. The molecule has 0 bridgehead atoms. The number of piperazine rings is 1. The van der Waals surface area contributed by atoms with Gasteiger partial charge in [-0.2, -0.15) is 0 Å². The van der Waals surface area contributed by atoms with Crippen molar-refractivity contribution in [3.63, 3.8) is 0 Å². The fraction of sp³-hybridized carbons (Fsp3) is 0.667. The first kappa shape index (κ1) is 8.87. The highest BCUT2D eigenvalue weighted by Crippen LogP contribution is 2.14. The molecule has 1 atom stereocenters. The van der Waals surface area contributed by atoms with Crippen LogP contribution in [-0.2, 0) is 0 Å². The van der Waals surface area contributed by atoms with E-state index in [1.54, 1.807) is 0 Å². The first-order valence-electron chi connectivity index (χ1n) is 4.74. The molecule has 1 unspecified atom stereocenters. The Morgan fingerprint density at radius 1 is 1.38 bits per heavy atom. The second-order valence-corrected chi connectivity index (χ2v) is 3.58. The average molecular weight is 180 g/mol. The molecule has 2 aliphatic rings. The predicted molar refractivity (Wildman–Crippen MR) is 53.9 cm³/mol. The molecule has 1 fully saturated rings. The Morgan fingerprint density at radius 3 is 2.77 bits per heavy atom. The third-order valence-corrected chi connectivity index (χ3v) is 2.63. The quantitative estimate of drug-likeness (QED) is 0.555. The summed E-state index contributed by atoms with van der Waals surface area (Å²) in [5.74, 6) is 0. The highest BCUT2D eigenvalue weighted by atomic mass is 15.3. The minimum Gasteiger partial charge on any atom is -0.314 e. The minimum atomic E-state index is -0.336. The molecule has 0 radical (unpaired) electrons. The topological polar surface area (TPSA) is 53.6 Å². The average Bonchev–Trinajstić information content (AvgIpc) is 2.20. The normalized spacial score (nSPS) is 35.2. The van der Waals surface area contributed by atoms with Gasteiger partial charge in [0, 0.05) is 32.4 Å². The van der Waals surface area contributed by atoms with Crippen molar-refractivity contribution in [2.24, 2.45) is 10.7 Å². The molecule has 0 aromatic carbocycles. The van der Waals surface area contributed by atoms with Crippen molar-refractivity contribution in [1.29, 1.82) is 0 Å². The van der Waals surface area contributed by atoms with Crippen molar-refractivity contribution in [3.05, 3.63) is 12.2 Å². The number of aliphatic imine (C=N–C) groups is 1. The zero-order valence-corrected chi connectivity index (χ0v) is 7.74. The predicted octanol–water partition coefficient (Wildman–Crippen LogP) is -0.813. The van der Waals surface area contributed by atoms with E-state index < -0.39 is 0 Å². The van der Waals surface area contributed by atoms with Gasteiger partial charge in [-0.05, 0) is 12.2 Å². The SMILES string of the molecule is NC1(N2CCNCC2)C=CC=NC1. The standard InChI is InChI=1S/C9H16N4/c10-9(2-1-3-12-8-9)13-6-4-11-5-7-13/h1-3,11H,4-8,10H2. The number of allylic oxidation sites excluding steroid dienone is 1. The van der Waals surface area contributed by atoms with Gasteiger partial charge in [-0.15, -0.1) is 0 Å². The van der Waals surface area contributed by atoms with Crippen LogP contribution in [0.15, 0.2) is 17.1 Å². The summed E-state index contributed by atoms with van der Waals surface area (Å²) in [7, 11) is 0. The lowest BCUT2D eigenvalue weighted by Crippen LogP contribution is -2.62. The van der Waals surface area contributed by atoms with Gasteiger partial charge in [-0.3, -0.25) is 9.89 Å². The van der Waals surface area contributed by atoms with E-state index in [0.717, 1.165) is 26.2 Å². The van der Waals surface area contributed by atoms with Gasteiger partial charge >= 0.3 is 0 Å². The smallest absolute Gasteiger partial charge is 0.108 e. The molecular weight excluding hydrogens is 164 g/mol. The molecule has 0 aromatic heterocycles. The van der Waals surface area contributed by atoms with E-state index >= 15 is 0 Å². The molecule has 2 heterocycles. The minimum absolute atomic E-state index is 0.336. The first-order chi connectivity index (χ1) is 6.31. The molecule has 13 heavy (non-hydrogen) atoms. The van der Waals surface area contributed by atoms with Crippen LogP contribution in [0.4, 0.5) is 0 Å². The van der Waals surface area contributed by atoms with Gasteiger partial charge < -0.3 is 11.1 Å². The molecule has 72 valence electrons. The summed E-state index contributed by atoms with van der Waals surface area (Å²) in [4.78, 5) is 6.49. The van der Waals surface area contributed by atoms with E-state index in [-0.39, 0.29) is 5.66 Å². The van der Waals surface area contributed by atoms with Crippen molar-refractivity contribution in [2.75, 3.05) is 32.7 Å². The van der Waals surface area contributed by atoms with Crippen molar-refractivity contribution in [2.45, 2.75) is 5.66 Å². The molecule has 0 aliphatic carbocycles. The number of nitrogens with two attached hydrogens (primary N) is 1. The van der Waals surface area contributed by atoms with Crippen molar-refractivity contribution in [3.8, 4) is 0 Å². The highest BCUT2D eigenvalue weighted by Gasteiger charge is 2.31. The lowest BCUT2D eigenvalue weighted by atomic mass is 10.1. The Balaban J connectivity index is 2.04. The summed E-state index contributed by atoms with van der Waals surface area (Å²) >= 11 is 0. The maximum atomic E-state index is 6.23. The third kappa shape index (κ3) is 1.80. The van der Waals surface area contributed by atoms with Crippen LogP contribution < -0.4 is 11.1 Å². The monoisotopic (exact) mass is 180 g/mol. The largest absolute Gasteiger partial charge is 0.314 e. The van der Waals surface area contributed by atoms with E-state index in [4.69, 9.17) is 5.73 Å². The number of hydrogen-bond donors (Lipinski definition) is 2. The summed E-state index contributed by atoms with van der Waals surface area (Å²) in [6.45, 7) is 4.75. The van der Waals surface area contributed by atoms with Gasteiger partial charge in [0.15, 0.2) is 0 Å². The molecule has 2 aliphatic heterocycles. The molecule has 0 amide bonds. The van der Waals surface area contributed by atoms with Gasteiger partial charge in [-0.25, -0.2) is 0 Å². The fourth-order valence-corrected chi connectivity index (χ4v) is 1.81. The Kier molecular flexibility index (Phi) is 2.44. The van der Waals surface area contributed by atoms with Crippen molar-refractivity contribution in [1.82, 2.24) is 10.2 Å². The van der Waals surface area contributed by atoms with Gasteiger partial charge in [-0.1, -0.05) is 0 Å². The molecule has 0 saturated carbocycles. The fourth-order valence-electron chi connectivity index (χ4n) is 1.81. The van der Waals surface area contributed by atoms with Crippen LogP contribution in [0.25, 0.3) is 0 Å². The molecule has 0 spiro atoms. The molecule has 2 rings (SSSR count). The molecule has 0 aromatic rings. The Labute approximate surface area is 78.5 Å². The van der Waals surface area contributed by atoms with Gasteiger partial charge in [0.05, 0.1) is 6.54 Å². The summed E-state index contributed by atoms with van der Waals surface area (Å²) < 4.78 is 0. The van der Waals surface area contributed by atoms with E-state index in [0.29, 0.717) is 6.54 Å². The lowest BCUT2D eigenvalue weighted by Gasteiger charge is -2.41. The summed E-state index contributed by atoms with van der Waals surface area (Å²) in [6, 6.07) is 0. The van der Waals surface area contributed by atoms with Crippen LogP contribution in [0.1, 0.15) is 0 Å². The van der Waals surface area contributed by atoms with E-state index in [2.05, 4.69) is 15.2 Å². The molecule has 1 saturated heterocycles. The molecule has 4 nitrogen and oxygen atoms in total. The summed E-state index contributed by atoms with van der Waals surface area (Å²) in [5.41, 5.74) is 5.89. The molecule has 4 heteroatoms. The Bertz CT molecular complexity index is 230. The van der Waals surface area contributed by atoms with Gasteiger partial charge in [0.2, 0.25) is 0 Å². The number of rotatable bonds is 1. The van der Waals surface area contributed by atoms with Crippen molar-refractivity contribution >= 4 is 6.21 Å². The van der Waals surface area contributed by atoms with E-state index in [9.17, 15) is 0 Å². The maximum absolute atomic E-state index is 6.23. The lowest BCUT2D eigenvalue weighted by molar-refractivity contribution is 0.123. The van der Waals surface area contributed by atoms with E-state index in [1.165, 1.54) is 0 Å². The second-order valence-electron chi connectivity index (χ2n) is 3.58. The molecular formula is C9H16N4. The number of hydrogen-bond acceptors (Lipinski definition) is 4. The summed E-state index contributed by atoms with van der Waals surface area (Å²) in [5, 5.41) is 3.31. The number of dihydropyridines is 1. The van der Waals surface area contributed by atoms with Gasteiger partial charge in [0.1, 0.15) is 5.66 Å². The Hall–Kier alpha value is -0.710. The van der Waals surface area contributed by atoms with E-state index in [1.807, 2.05) is 18.4 Å². The Morgan fingerprint density at radius 2 is 2.15 bits per heavy atom. The number of nitrogens with one attached hydrogen (secondary N) is 1. The van der Waals surface area contributed by atoms with Crippen LogP contribution in [0.3, 0.4) is 0 Å². The van der Waals surface area contributed by atoms with Crippen LogP contribution in [-0.4, -0.2) is 49.5 Å². The van der Waals surface area contributed by atoms with Crippen LogP contribution >= 0.6 is 0 Å². The first-order valence-corrected chi connectivity index (χ1v) is 4.74. The second kappa shape index (κ2) is 3.57. The zero-order valence-electron chi connectivity index (χ0n) is 7.74. The van der Waals surface area contributed by atoms with Crippen LogP contribution in [0.2, 0.25) is 0 Å². The molecule has 3 N–H and O–H groups in total. The van der Waals surface area contributed by atoms with Crippen LogP contribution in [0, 0.1) is 0 Å².